The molecular weight excluding hydrogens is 186 g/mol. The first-order chi connectivity index (χ1) is 6.90. The summed E-state index contributed by atoms with van der Waals surface area (Å²) in [7, 11) is 0. The van der Waals surface area contributed by atoms with E-state index in [-0.39, 0.29) is 12.5 Å². The van der Waals surface area contributed by atoms with Crippen molar-refractivity contribution < 1.29 is 14.1 Å². The molecule has 6 heteroatoms. The third-order valence-corrected chi connectivity index (χ3v) is 1.48. The molecule has 0 aromatic carbocycles. The largest absolute Gasteiger partial charge is 0.425 e. The molecule has 0 bridgehead atoms. The molecule has 0 amide bonds. The highest BCUT2D eigenvalue weighted by Gasteiger charge is 2.08. The molecule has 2 aromatic heterocycles. The Bertz CT molecular complexity index is 426. The lowest BCUT2D eigenvalue weighted by Crippen LogP contribution is -1.87. The molecule has 70 valence electrons. The maximum atomic E-state index is 9.96. The van der Waals surface area contributed by atoms with Crippen LogP contribution >= 0.6 is 0 Å². The molecule has 0 saturated carbocycles. The first kappa shape index (κ1) is 8.36. The minimum absolute atomic E-state index is 0.182. The highest BCUT2D eigenvalue weighted by atomic mass is 16.7. The summed E-state index contributed by atoms with van der Waals surface area (Å²) in [5.74, 6) is 0.329. The van der Waals surface area contributed by atoms with Crippen molar-refractivity contribution in [2.24, 2.45) is 0 Å². The molecule has 0 unspecified atom stereocenters. The second kappa shape index (κ2) is 3.65. The lowest BCUT2D eigenvalue weighted by Gasteiger charge is -1.89. The van der Waals surface area contributed by atoms with Crippen LogP contribution in [-0.2, 0) is 4.79 Å². The topological polar surface area (TPSA) is 78.1 Å². The molecule has 0 spiro atoms. The highest BCUT2D eigenvalue weighted by molar-refractivity contribution is 5.52. The number of rotatable bonds is 3. The van der Waals surface area contributed by atoms with Crippen molar-refractivity contribution in [3.63, 3.8) is 0 Å². The monoisotopic (exact) mass is 191 g/mol. The van der Waals surface area contributed by atoms with Crippen LogP contribution in [0.2, 0.25) is 0 Å². The van der Waals surface area contributed by atoms with Crippen LogP contribution in [0.1, 0.15) is 0 Å². The van der Waals surface area contributed by atoms with E-state index in [1.54, 1.807) is 24.5 Å². The normalized spacial score (nSPS) is 9.71. The maximum absolute atomic E-state index is 9.96. The molecule has 6 nitrogen and oxygen atoms in total. The van der Waals surface area contributed by atoms with E-state index >= 15 is 0 Å². The van der Waals surface area contributed by atoms with Crippen LogP contribution in [0.4, 0.5) is 0 Å². The Balaban J connectivity index is 2.29. The second-order valence-corrected chi connectivity index (χ2v) is 2.34. The van der Waals surface area contributed by atoms with Crippen molar-refractivity contribution in [2.75, 3.05) is 0 Å². The zero-order chi connectivity index (χ0) is 9.80. The predicted molar refractivity (Wildman–Crippen MR) is 44.2 cm³/mol. The van der Waals surface area contributed by atoms with Crippen molar-refractivity contribution >= 4 is 6.47 Å². The number of nitrogens with zero attached hydrogens (tertiary/aromatic N) is 3. The van der Waals surface area contributed by atoms with Crippen LogP contribution < -0.4 is 4.74 Å². The van der Waals surface area contributed by atoms with Gasteiger partial charge in [-0.2, -0.15) is 4.98 Å². The van der Waals surface area contributed by atoms with Gasteiger partial charge in [-0.15, -0.1) is 0 Å². The third kappa shape index (κ3) is 1.58. The minimum Gasteiger partial charge on any atom is -0.378 e. The molecule has 2 rings (SSSR count). The zero-order valence-electron chi connectivity index (χ0n) is 6.95. The van der Waals surface area contributed by atoms with Gasteiger partial charge in [0.15, 0.2) is 0 Å². The van der Waals surface area contributed by atoms with Crippen LogP contribution in [0.5, 0.6) is 6.08 Å². The summed E-state index contributed by atoms with van der Waals surface area (Å²) in [5, 5.41) is 3.60. The van der Waals surface area contributed by atoms with Gasteiger partial charge in [0, 0.05) is 18.0 Å². The van der Waals surface area contributed by atoms with Crippen LogP contribution in [0.15, 0.2) is 29.0 Å². The van der Waals surface area contributed by atoms with Crippen molar-refractivity contribution in [1.29, 1.82) is 0 Å². The lowest BCUT2D eigenvalue weighted by molar-refractivity contribution is -0.122. The van der Waals surface area contributed by atoms with E-state index in [2.05, 4.69) is 24.4 Å². The summed E-state index contributed by atoms with van der Waals surface area (Å²) in [6, 6.07) is 3.51. The molecule has 14 heavy (non-hydrogen) atoms. The van der Waals surface area contributed by atoms with Crippen molar-refractivity contribution in [3.05, 3.63) is 24.5 Å². The number of ether oxygens (including phenoxy) is 1. The van der Waals surface area contributed by atoms with E-state index in [1.807, 2.05) is 0 Å². The number of carbonyl (C=O) groups is 1. The highest BCUT2D eigenvalue weighted by Crippen LogP contribution is 2.16. The van der Waals surface area contributed by atoms with Gasteiger partial charge in [0.05, 0.1) is 0 Å². The predicted octanol–water partition coefficient (Wildman–Crippen LogP) is 0.667. The molecule has 2 heterocycles. The fourth-order valence-electron chi connectivity index (χ4n) is 0.911. The van der Waals surface area contributed by atoms with E-state index in [0.717, 1.165) is 0 Å². The van der Waals surface area contributed by atoms with Crippen LogP contribution in [0.25, 0.3) is 11.4 Å². The Morgan fingerprint density at radius 1 is 1.50 bits per heavy atom. The van der Waals surface area contributed by atoms with E-state index in [4.69, 9.17) is 0 Å². The quantitative estimate of drug-likeness (QED) is 0.663. The van der Waals surface area contributed by atoms with Crippen molar-refractivity contribution in [1.82, 2.24) is 15.1 Å². The van der Waals surface area contributed by atoms with Gasteiger partial charge in [-0.25, -0.2) is 0 Å². The Morgan fingerprint density at radius 3 is 3.14 bits per heavy atom. The van der Waals surface area contributed by atoms with Crippen LogP contribution in [0, 0.1) is 0 Å². The Labute approximate surface area is 78.5 Å². The number of pyridine rings is 1. The van der Waals surface area contributed by atoms with Gasteiger partial charge in [0.25, 0.3) is 0 Å². The summed E-state index contributed by atoms with van der Waals surface area (Å²) in [4.78, 5) is 17.6. The van der Waals surface area contributed by atoms with Crippen LogP contribution in [-0.4, -0.2) is 21.6 Å². The molecule has 0 N–H and O–H groups in total. The summed E-state index contributed by atoms with van der Waals surface area (Å²) in [6.07, 6.45) is 3.03. The summed E-state index contributed by atoms with van der Waals surface area (Å²) >= 11 is 0. The Hall–Kier alpha value is -2.24. The fourth-order valence-corrected chi connectivity index (χ4v) is 0.911. The molecule has 0 saturated heterocycles. The van der Waals surface area contributed by atoms with E-state index in [9.17, 15) is 4.79 Å². The first-order valence-electron chi connectivity index (χ1n) is 3.74. The lowest BCUT2D eigenvalue weighted by atomic mass is 10.3. The maximum Gasteiger partial charge on any atom is 0.425 e. The van der Waals surface area contributed by atoms with Gasteiger partial charge < -0.3 is 4.74 Å². The summed E-state index contributed by atoms with van der Waals surface area (Å²) in [5.41, 5.74) is 0.692. The van der Waals surface area contributed by atoms with E-state index in [1.165, 1.54) is 0 Å². The van der Waals surface area contributed by atoms with E-state index in [0.29, 0.717) is 11.4 Å². The van der Waals surface area contributed by atoms with Gasteiger partial charge in [-0.1, -0.05) is 5.16 Å². The summed E-state index contributed by atoms with van der Waals surface area (Å²) < 4.78 is 8.98. The standard InChI is InChI=1S/C8H5N3O3/c12-5-13-8-10-7(11-14-8)6-2-1-3-9-4-6/h1-5H. The molecule has 0 radical (unpaired) electrons. The summed E-state index contributed by atoms with van der Waals surface area (Å²) in [6.45, 7) is 0.223. The average molecular weight is 191 g/mol. The third-order valence-electron chi connectivity index (χ3n) is 1.48. The van der Waals surface area contributed by atoms with Gasteiger partial charge in [-0.05, 0) is 12.1 Å². The van der Waals surface area contributed by atoms with Crippen LogP contribution in [0.3, 0.4) is 0 Å². The molecule has 0 atom stereocenters. The SMILES string of the molecule is O=COc1nc(-c2cccnc2)no1. The van der Waals surface area contributed by atoms with Gasteiger partial charge in [0.1, 0.15) is 0 Å². The molecule has 0 aliphatic heterocycles. The fraction of sp³-hybridized carbons (Fsp3) is 0. The average Bonchev–Trinajstić information content (AvgIpc) is 2.68. The smallest absolute Gasteiger partial charge is 0.378 e. The number of carbonyl (C=O) groups excluding carboxylic acids is 1. The van der Waals surface area contributed by atoms with Crippen molar-refractivity contribution in [2.45, 2.75) is 0 Å². The molecule has 0 aliphatic carbocycles. The minimum atomic E-state index is -0.182. The molecule has 0 aliphatic rings. The van der Waals surface area contributed by atoms with Gasteiger partial charge >= 0.3 is 12.5 Å². The second-order valence-electron chi connectivity index (χ2n) is 2.34. The Morgan fingerprint density at radius 2 is 2.43 bits per heavy atom. The zero-order valence-corrected chi connectivity index (χ0v) is 6.95. The molecule has 2 aromatic rings. The Kier molecular flexibility index (Phi) is 2.18. The number of aromatic nitrogens is 3. The first-order valence-corrected chi connectivity index (χ1v) is 3.74. The number of hydrogen-bond acceptors (Lipinski definition) is 6. The number of hydrogen-bond donors (Lipinski definition) is 0. The van der Waals surface area contributed by atoms with E-state index < -0.39 is 0 Å². The van der Waals surface area contributed by atoms with Gasteiger partial charge in [0.2, 0.25) is 5.82 Å². The van der Waals surface area contributed by atoms with Crippen molar-refractivity contribution in [3.8, 4) is 17.5 Å². The van der Waals surface area contributed by atoms with Gasteiger partial charge in [-0.3, -0.25) is 14.3 Å². The molecule has 0 fully saturated rings. The molecular formula is C8H5N3O3.